The van der Waals surface area contributed by atoms with E-state index in [2.05, 4.69) is 48.2 Å². The van der Waals surface area contributed by atoms with Crippen LogP contribution in [-0.4, -0.2) is 54.8 Å². The molecule has 4 nitrogen and oxygen atoms in total. The zero-order valence-electron chi connectivity index (χ0n) is 12.9. The summed E-state index contributed by atoms with van der Waals surface area (Å²) in [6.07, 6.45) is 5.91. The van der Waals surface area contributed by atoms with Gasteiger partial charge in [-0.15, -0.1) is 0 Å². The van der Waals surface area contributed by atoms with E-state index in [4.69, 9.17) is 4.74 Å². The summed E-state index contributed by atoms with van der Waals surface area (Å²) in [5, 5.41) is 3.54. The zero-order chi connectivity index (χ0) is 14.4. The number of aromatic nitrogens is 1. The molecule has 4 heteroatoms. The van der Waals surface area contributed by atoms with Gasteiger partial charge in [-0.05, 0) is 44.5 Å². The lowest BCUT2D eigenvalue weighted by Crippen LogP contribution is -2.61. The molecule has 1 aliphatic heterocycles. The largest absolute Gasteiger partial charge is 0.379 e. The van der Waals surface area contributed by atoms with Crippen molar-refractivity contribution in [3.63, 3.8) is 0 Å². The van der Waals surface area contributed by atoms with Crippen molar-refractivity contribution < 1.29 is 4.74 Å². The molecule has 1 aliphatic rings. The first-order valence-corrected chi connectivity index (χ1v) is 7.59. The fourth-order valence-corrected chi connectivity index (χ4v) is 3.15. The molecule has 1 saturated heterocycles. The predicted molar refractivity (Wildman–Crippen MR) is 81.9 cm³/mol. The summed E-state index contributed by atoms with van der Waals surface area (Å²) in [7, 11) is 2.07. The van der Waals surface area contributed by atoms with Gasteiger partial charge in [0, 0.05) is 37.1 Å². The number of likely N-dealkylation sites (N-methyl/N-ethyl adjacent to an activating group) is 1. The predicted octanol–water partition coefficient (Wildman–Crippen LogP) is 1.71. The van der Waals surface area contributed by atoms with Gasteiger partial charge in [0.1, 0.15) is 0 Å². The molecule has 112 valence electrons. The van der Waals surface area contributed by atoms with E-state index in [1.807, 2.05) is 12.4 Å². The Balaban J connectivity index is 2.13. The van der Waals surface area contributed by atoms with E-state index in [1.165, 1.54) is 5.56 Å². The Kier molecular flexibility index (Phi) is 5.52. The van der Waals surface area contributed by atoms with Gasteiger partial charge < -0.3 is 10.1 Å². The highest BCUT2D eigenvalue weighted by molar-refractivity contribution is 5.14. The minimum Gasteiger partial charge on any atom is -0.379 e. The molecule has 1 aromatic heterocycles. The Morgan fingerprint density at radius 2 is 2.00 bits per heavy atom. The number of pyridine rings is 1. The summed E-state index contributed by atoms with van der Waals surface area (Å²) in [5.41, 5.74) is 1.49. The van der Waals surface area contributed by atoms with Crippen molar-refractivity contribution >= 4 is 0 Å². The first kappa shape index (κ1) is 15.4. The van der Waals surface area contributed by atoms with Crippen LogP contribution in [0.15, 0.2) is 24.5 Å². The molecule has 0 amide bonds. The number of nitrogens with one attached hydrogen (secondary N) is 1. The van der Waals surface area contributed by atoms with Gasteiger partial charge in [-0.25, -0.2) is 0 Å². The highest BCUT2D eigenvalue weighted by Gasteiger charge is 2.38. The van der Waals surface area contributed by atoms with Crippen LogP contribution in [0.2, 0.25) is 0 Å². The van der Waals surface area contributed by atoms with Crippen molar-refractivity contribution in [2.45, 2.75) is 38.3 Å². The van der Waals surface area contributed by atoms with Gasteiger partial charge in [0.25, 0.3) is 0 Å². The van der Waals surface area contributed by atoms with Gasteiger partial charge >= 0.3 is 0 Å². The first-order chi connectivity index (χ1) is 9.70. The summed E-state index contributed by atoms with van der Waals surface area (Å²) in [6.45, 7) is 8.41. The van der Waals surface area contributed by atoms with Crippen LogP contribution < -0.4 is 5.32 Å². The van der Waals surface area contributed by atoms with E-state index >= 15 is 0 Å². The number of rotatable bonds is 6. The van der Waals surface area contributed by atoms with Crippen LogP contribution in [0, 0.1) is 0 Å². The molecule has 0 radical (unpaired) electrons. The number of nitrogens with zero attached hydrogens (tertiary/aromatic N) is 2. The molecule has 2 heterocycles. The maximum absolute atomic E-state index is 5.50. The van der Waals surface area contributed by atoms with Crippen molar-refractivity contribution in [1.82, 2.24) is 15.2 Å². The third-order valence-electron chi connectivity index (χ3n) is 4.74. The van der Waals surface area contributed by atoms with Crippen molar-refractivity contribution in [2.24, 2.45) is 0 Å². The molecule has 0 aromatic carbocycles. The Morgan fingerprint density at radius 3 is 2.55 bits per heavy atom. The maximum atomic E-state index is 5.50. The Labute approximate surface area is 122 Å². The lowest BCUT2D eigenvalue weighted by Gasteiger charge is -2.48. The molecule has 2 rings (SSSR count). The number of ether oxygens (including phenoxy) is 1. The summed E-state index contributed by atoms with van der Waals surface area (Å²) < 4.78 is 5.50. The fraction of sp³-hybridized carbons (Fsp3) is 0.688. The number of hydrogen-bond acceptors (Lipinski definition) is 4. The van der Waals surface area contributed by atoms with Gasteiger partial charge in [-0.2, -0.15) is 0 Å². The van der Waals surface area contributed by atoms with Gasteiger partial charge in [-0.3, -0.25) is 9.88 Å². The molecule has 0 aliphatic carbocycles. The van der Waals surface area contributed by atoms with Gasteiger partial charge in [0.2, 0.25) is 0 Å². The summed E-state index contributed by atoms with van der Waals surface area (Å²) in [4.78, 5) is 6.69. The van der Waals surface area contributed by atoms with E-state index in [0.717, 1.165) is 39.1 Å². The van der Waals surface area contributed by atoms with Crippen LogP contribution in [-0.2, 0) is 11.2 Å². The molecule has 0 bridgehead atoms. The van der Waals surface area contributed by atoms with Crippen LogP contribution in [0.25, 0.3) is 0 Å². The number of morpholine rings is 1. The van der Waals surface area contributed by atoms with E-state index in [9.17, 15) is 0 Å². The maximum Gasteiger partial charge on any atom is 0.0594 e. The fourth-order valence-electron chi connectivity index (χ4n) is 3.15. The van der Waals surface area contributed by atoms with Crippen molar-refractivity contribution in [1.29, 1.82) is 0 Å². The zero-order valence-corrected chi connectivity index (χ0v) is 12.9. The quantitative estimate of drug-likeness (QED) is 0.859. The molecule has 20 heavy (non-hydrogen) atoms. The van der Waals surface area contributed by atoms with Crippen molar-refractivity contribution in [2.75, 3.05) is 33.4 Å². The van der Waals surface area contributed by atoms with E-state index < -0.39 is 0 Å². The molecular weight excluding hydrogens is 250 g/mol. The van der Waals surface area contributed by atoms with Crippen LogP contribution in [0.1, 0.15) is 25.8 Å². The van der Waals surface area contributed by atoms with Gasteiger partial charge in [0.05, 0.1) is 13.2 Å². The average molecular weight is 277 g/mol. The third kappa shape index (κ3) is 3.37. The smallest absolute Gasteiger partial charge is 0.0594 e. The van der Waals surface area contributed by atoms with E-state index in [0.29, 0.717) is 6.04 Å². The van der Waals surface area contributed by atoms with E-state index in [1.54, 1.807) is 0 Å². The lowest BCUT2D eigenvalue weighted by atomic mass is 9.83. The minimum atomic E-state index is 0.155. The third-order valence-corrected chi connectivity index (χ3v) is 4.74. The summed E-state index contributed by atoms with van der Waals surface area (Å²) in [6, 6.07) is 4.65. The molecule has 1 aromatic rings. The van der Waals surface area contributed by atoms with Crippen LogP contribution in [0.4, 0.5) is 0 Å². The SMILES string of the molecule is CCC(C)(C(Cc1ccncc1)NC)N1CCOCC1. The van der Waals surface area contributed by atoms with Crippen LogP contribution in [0.5, 0.6) is 0 Å². The standard InChI is InChI=1S/C16H27N3O/c1-4-16(2,19-9-11-20-12-10-19)15(17-3)13-14-5-7-18-8-6-14/h5-8,15,17H,4,9-13H2,1-3H3. The Bertz CT molecular complexity index is 392. The van der Waals surface area contributed by atoms with Crippen molar-refractivity contribution in [3.05, 3.63) is 30.1 Å². The summed E-state index contributed by atoms with van der Waals surface area (Å²) >= 11 is 0. The van der Waals surface area contributed by atoms with Crippen molar-refractivity contribution in [3.8, 4) is 0 Å². The molecule has 2 unspecified atom stereocenters. The Hall–Kier alpha value is -0.970. The molecular formula is C16H27N3O. The molecule has 1 N–H and O–H groups in total. The second-order valence-corrected chi connectivity index (χ2v) is 5.71. The van der Waals surface area contributed by atoms with Gasteiger partial charge in [0.15, 0.2) is 0 Å². The highest BCUT2D eigenvalue weighted by atomic mass is 16.5. The van der Waals surface area contributed by atoms with Crippen LogP contribution >= 0.6 is 0 Å². The topological polar surface area (TPSA) is 37.4 Å². The molecule has 1 fully saturated rings. The molecule has 0 spiro atoms. The minimum absolute atomic E-state index is 0.155. The average Bonchev–Trinajstić information content (AvgIpc) is 2.53. The second-order valence-electron chi connectivity index (χ2n) is 5.71. The second kappa shape index (κ2) is 7.16. The lowest BCUT2D eigenvalue weighted by molar-refractivity contribution is -0.0313. The molecule has 2 atom stereocenters. The van der Waals surface area contributed by atoms with Gasteiger partial charge in [-0.1, -0.05) is 6.92 Å². The van der Waals surface area contributed by atoms with E-state index in [-0.39, 0.29) is 5.54 Å². The first-order valence-electron chi connectivity index (χ1n) is 7.59. The number of hydrogen-bond donors (Lipinski definition) is 1. The molecule has 0 saturated carbocycles. The Morgan fingerprint density at radius 1 is 1.35 bits per heavy atom. The monoisotopic (exact) mass is 277 g/mol. The van der Waals surface area contributed by atoms with Crippen LogP contribution in [0.3, 0.4) is 0 Å². The summed E-state index contributed by atoms with van der Waals surface area (Å²) in [5.74, 6) is 0. The normalized spacial score (nSPS) is 21.4. The highest BCUT2D eigenvalue weighted by Crippen LogP contribution is 2.27.